The van der Waals surface area contributed by atoms with Gasteiger partial charge in [0, 0.05) is 0 Å². The van der Waals surface area contributed by atoms with Gasteiger partial charge in [-0.05, 0) is 44.4 Å². The Hall–Kier alpha value is -2.29. The molecule has 122 valence electrons. The van der Waals surface area contributed by atoms with E-state index in [1.165, 1.54) is 5.56 Å². The van der Waals surface area contributed by atoms with E-state index in [1.54, 1.807) is 0 Å². The molecule has 0 heterocycles. The number of hydrogen-bond donors (Lipinski definition) is 1. The Morgan fingerprint density at radius 2 is 1.74 bits per heavy atom. The van der Waals surface area contributed by atoms with E-state index in [4.69, 9.17) is 4.74 Å². The summed E-state index contributed by atoms with van der Waals surface area (Å²) in [5, 5.41) is 3.04. The topological polar surface area (TPSA) is 38.3 Å². The maximum Gasteiger partial charge on any atom is 0.261 e. The molecule has 0 aliphatic rings. The first kappa shape index (κ1) is 17.1. The minimum atomic E-state index is -0.482. The van der Waals surface area contributed by atoms with Gasteiger partial charge >= 0.3 is 0 Å². The highest BCUT2D eigenvalue weighted by Crippen LogP contribution is 2.20. The van der Waals surface area contributed by atoms with Crippen LogP contribution in [0.3, 0.4) is 0 Å². The van der Waals surface area contributed by atoms with Gasteiger partial charge in [0.25, 0.3) is 5.91 Å². The Labute approximate surface area is 138 Å². The SMILES string of the molecule is CC[C@@H](Oc1ccccc1C)C(=O)N[C@@H](C)c1ccc(C)cc1. The fourth-order valence-electron chi connectivity index (χ4n) is 2.41. The fraction of sp³-hybridized carbons (Fsp3) is 0.350. The second-order valence-electron chi connectivity index (χ2n) is 5.92. The molecular formula is C20H25NO2. The molecule has 2 atom stereocenters. The summed E-state index contributed by atoms with van der Waals surface area (Å²) < 4.78 is 5.90. The highest BCUT2D eigenvalue weighted by atomic mass is 16.5. The average molecular weight is 311 g/mol. The number of rotatable bonds is 6. The van der Waals surface area contributed by atoms with E-state index in [-0.39, 0.29) is 11.9 Å². The highest BCUT2D eigenvalue weighted by molar-refractivity contribution is 5.81. The third-order valence-electron chi connectivity index (χ3n) is 3.96. The molecule has 2 aromatic carbocycles. The van der Waals surface area contributed by atoms with Gasteiger partial charge in [0.1, 0.15) is 5.75 Å². The van der Waals surface area contributed by atoms with E-state index in [0.717, 1.165) is 16.9 Å². The van der Waals surface area contributed by atoms with E-state index in [2.05, 4.69) is 24.4 Å². The van der Waals surface area contributed by atoms with Gasteiger partial charge in [-0.15, -0.1) is 0 Å². The number of para-hydroxylation sites is 1. The van der Waals surface area contributed by atoms with Crippen LogP contribution in [0, 0.1) is 13.8 Å². The summed E-state index contributed by atoms with van der Waals surface area (Å²) in [5.41, 5.74) is 3.33. The lowest BCUT2D eigenvalue weighted by molar-refractivity contribution is -0.128. The molecule has 1 amide bonds. The summed E-state index contributed by atoms with van der Waals surface area (Å²) >= 11 is 0. The normalized spacial score (nSPS) is 13.2. The molecule has 2 rings (SSSR count). The van der Waals surface area contributed by atoms with Crippen molar-refractivity contribution in [2.75, 3.05) is 0 Å². The quantitative estimate of drug-likeness (QED) is 0.862. The number of benzene rings is 2. The summed E-state index contributed by atoms with van der Waals surface area (Å²) in [6.07, 6.45) is 0.143. The van der Waals surface area contributed by atoms with Gasteiger partial charge in [-0.1, -0.05) is 55.0 Å². The van der Waals surface area contributed by atoms with E-state index in [9.17, 15) is 4.79 Å². The first-order valence-electron chi connectivity index (χ1n) is 8.10. The Balaban J connectivity index is 2.02. The van der Waals surface area contributed by atoms with Gasteiger partial charge in [0.2, 0.25) is 0 Å². The zero-order valence-electron chi connectivity index (χ0n) is 14.3. The minimum Gasteiger partial charge on any atom is -0.480 e. The lowest BCUT2D eigenvalue weighted by atomic mass is 10.1. The Kier molecular flexibility index (Phi) is 5.80. The third kappa shape index (κ3) is 4.59. The molecule has 0 saturated carbocycles. The first-order chi connectivity index (χ1) is 11.0. The van der Waals surface area contributed by atoms with Crippen LogP contribution in [0.1, 0.15) is 43.0 Å². The molecule has 3 heteroatoms. The number of nitrogens with one attached hydrogen (secondary N) is 1. The van der Waals surface area contributed by atoms with Crippen LogP contribution in [0.4, 0.5) is 0 Å². The molecule has 0 bridgehead atoms. The number of carbonyl (C=O) groups excluding carboxylic acids is 1. The largest absolute Gasteiger partial charge is 0.480 e. The van der Waals surface area contributed by atoms with Gasteiger partial charge in [-0.25, -0.2) is 0 Å². The fourth-order valence-corrected chi connectivity index (χ4v) is 2.41. The molecule has 2 aromatic rings. The first-order valence-corrected chi connectivity index (χ1v) is 8.10. The van der Waals surface area contributed by atoms with E-state index < -0.39 is 6.10 Å². The molecule has 0 radical (unpaired) electrons. The number of ether oxygens (including phenoxy) is 1. The van der Waals surface area contributed by atoms with E-state index in [1.807, 2.05) is 57.2 Å². The van der Waals surface area contributed by atoms with Crippen molar-refractivity contribution < 1.29 is 9.53 Å². The second-order valence-corrected chi connectivity index (χ2v) is 5.92. The maximum absolute atomic E-state index is 12.5. The third-order valence-corrected chi connectivity index (χ3v) is 3.96. The Bertz CT molecular complexity index is 649. The van der Waals surface area contributed by atoms with Crippen molar-refractivity contribution in [2.45, 2.75) is 46.3 Å². The molecule has 1 N–H and O–H groups in total. The van der Waals surface area contributed by atoms with Crippen LogP contribution < -0.4 is 10.1 Å². The summed E-state index contributed by atoms with van der Waals surface area (Å²) in [5.74, 6) is 0.682. The van der Waals surface area contributed by atoms with Crippen molar-refractivity contribution in [3.63, 3.8) is 0 Å². The molecule has 0 aliphatic carbocycles. The predicted octanol–water partition coefficient (Wildman–Crippen LogP) is 4.34. The molecule has 0 saturated heterocycles. The Morgan fingerprint density at radius 1 is 1.09 bits per heavy atom. The molecule has 0 aliphatic heterocycles. The molecular weight excluding hydrogens is 286 g/mol. The summed E-state index contributed by atoms with van der Waals surface area (Å²) in [7, 11) is 0. The standard InChI is InChI=1S/C20H25NO2/c1-5-18(23-19-9-7-6-8-15(19)3)20(22)21-16(4)17-12-10-14(2)11-13-17/h6-13,16,18H,5H2,1-4H3,(H,21,22)/t16-,18+/m0/s1. The number of aryl methyl sites for hydroxylation is 2. The van der Waals surface area contributed by atoms with Crippen LogP contribution in [-0.4, -0.2) is 12.0 Å². The van der Waals surface area contributed by atoms with Gasteiger partial charge in [0.15, 0.2) is 6.10 Å². The van der Waals surface area contributed by atoms with Gasteiger partial charge < -0.3 is 10.1 Å². The van der Waals surface area contributed by atoms with Crippen molar-refractivity contribution in [3.05, 3.63) is 65.2 Å². The van der Waals surface area contributed by atoms with Crippen molar-refractivity contribution in [3.8, 4) is 5.75 Å². The highest BCUT2D eigenvalue weighted by Gasteiger charge is 2.21. The molecule has 0 aromatic heterocycles. The predicted molar refractivity (Wildman–Crippen MR) is 93.6 cm³/mol. The lowest BCUT2D eigenvalue weighted by Gasteiger charge is -2.21. The molecule has 23 heavy (non-hydrogen) atoms. The molecule has 0 spiro atoms. The second kappa shape index (κ2) is 7.82. The van der Waals surface area contributed by atoms with Crippen LogP contribution in [-0.2, 0) is 4.79 Å². The molecule has 0 unspecified atom stereocenters. The zero-order chi connectivity index (χ0) is 16.8. The van der Waals surface area contributed by atoms with Crippen molar-refractivity contribution in [1.82, 2.24) is 5.32 Å². The monoisotopic (exact) mass is 311 g/mol. The Morgan fingerprint density at radius 3 is 2.35 bits per heavy atom. The zero-order valence-corrected chi connectivity index (χ0v) is 14.3. The maximum atomic E-state index is 12.5. The summed E-state index contributed by atoms with van der Waals surface area (Å²) in [6.45, 7) is 7.98. The van der Waals surface area contributed by atoms with Gasteiger partial charge in [0.05, 0.1) is 6.04 Å². The van der Waals surface area contributed by atoms with Gasteiger partial charge in [-0.2, -0.15) is 0 Å². The van der Waals surface area contributed by atoms with Crippen LogP contribution >= 0.6 is 0 Å². The number of hydrogen-bond acceptors (Lipinski definition) is 2. The van der Waals surface area contributed by atoms with E-state index in [0.29, 0.717) is 6.42 Å². The van der Waals surface area contributed by atoms with Crippen LogP contribution in [0.5, 0.6) is 5.75 Å². The number of amides is 1. The van der Waals surface area contributed by atoms with E-state index >= 15 is 0 Å². The molecule has 0 fully saturated rings. The van der Waals surface area contributed by atoms with Crippen molar-refractivity contribution >= 4 is 5.91 Å². The summed E-state index contributed by atoms with van der Waals surface area (Å²) in [4.78, 5) is 12.5. The van der Waals surface area contributed by atoms with Crippen molar-refractivity contribution in [1.29, 1.82) is 0 Å². The minimum absolute atomic E-state index is 0.0439. The molecule has 3 nitrogen and oxygen atoms in total. The summed E-state index contributed by atoms with van der Waals surface area (Å²) in [6, 6.07) is 15.9. The van der Waals surface area contributed by atoms with Crippen LogP contribution in [0.25, 0.3) is 0 Å². The van der Waals surface area contributed by atoms with Crippen molar-refractivity contribution in [2.24, 2.45) is 0 Å². The van der Waals surface area contributed by atoms with Crippen LogP contribution in [0.15, 0.2) is 48.5 Å². The number of carbonyl (C=O) groups is 1. The van der Waals surface area contributed by atoms with Gasteiger partial charge in [-0.3, -0.25) is 4.79 Å². The average Bonchev–Trinajstić information content (AvgIpc) is 2.54. The lowest BCUT2D eigenvalue weighted by Crippen LogP contribution is -2.39. The smallest absolute Gasteiger partial charge is 0.261 e. The van der Waals surface area contributed by atoms with Crippen LogP contribution in [0.2, 0.25) is 0 Å².